The number of rotatable bonds is 6. The van der Waals surface area contributed by atoms with Gasteiger partial charge in [0.15, 0.2) is 5.82 Å². The molecule has 1 atom stereocenters. The molecule has 0 aliphatic carbocycles. The molecule has 40 heavy (non-hydrogen) atoms. The van der Waals surface area contributed by atoms with Crippen molar-refractivity contribution in [1.29, 1.82) is 0 Å². The summed E-state index contributed by atoms with van der Waals surface area (Å²) in [7, 11) is 0.758. The third-order valence-corrected chi connectivity index (χ3v) is 9.96. The lowest BCUT2D eigenvalue weighted by Gasteiger charge is -2.32. The van der Waals surface area contributed by atoms with E-state index < -0.39 is 17.0 Å². The van der Waals surface area contributed by atoms with E-state index in [9.17, 15) is 13.8 Å². The number of fused-ring (bicyclic) bond motifs is 1. The van der Waals surface area contributed by atoms with E-state index in [1.165, 1.54) is 11.1 Å². The van der Waals surface area contributed by atoms with Gasteiger partial charge in [0.05, 0.1) is 10.4 Å². The lowest BCUT2D eigenvalue weighted by molar-refractivity contribution is -0.120. The zero-order chi connectivity index (χ0) is 27.8. The average Bonchev–Trinajstić information content (AvgIpc) is 3.29. The van der Waals surface area contributed by atoms with Crippen LogP contribution in [0.3, 0.4) is 0 Å². The molecule has 10 nitrogen and oxygen atoms in total. The molecule has 4 heterocycles. The number of nitrogens with zero attached hydrogens (tertiary/aromatic N) is 5. The Morgan fingerprint density at radius 1 is 1.00 bits per heavy atom. The Morgan fingerprint density at radius 2 is 1.77 bits per heavy atom. The Labute approximate surface area is 237 Å². The van der Waals surface area contributed by atoms with Gasteiger partial charge >= 0.3 is 6.03 Å². The van der Waals surface area contributed by atoms with Gasteiger partial charge in [0.2, 0.25) is 5.91 Å². The minimum Gasteiger partial charge on any atom is -0.328 e. The van der Waals surface area contributed by atoms with Crippen LogP contribution < -0.4 is 16.0 Å². The number of hydrogen-bond donors (Lipinski definition) is 2. The summed E-state index contributed by atoms with van der Waals surface area (Å²) in [5.74, 6) is 0.802. The van der Waals surface area contributed by atoms with E-state index in [-0.39, 0.29) is 18.4 Å². The number of nitrogens with one attached hydrogen (secondary N) is 1. The van der Waals surface area contributed by atoms with Crippen molar-refractivity contribution in [2.75, 3.05) is 37.6 Å². The molecule has 1 aromatic heterocycles. The van der Waals surface area contributed by atoms with Gasteiger partial charge in [-0.2, -0.15) is 5.10 Å². The summed E-state index contributed by atoms with van der Waals surface area (Å²) in [6.45, 7) is 4.76. The summed E-state index contributed by atoms with van der Waals surface area (Å²) in [4.78, 5) is 28.9. The SMILES string of the molecule is Cn1nc(N2CCC(=O)NC2=O)c2ccc(C3CCN(Cc4cccc(S(=O)N5CCC(N)CC5)c4)CC3)cc21. The molecule has 0 bridgehead atoms. The Bertz CT molecular complexity index is 1440. The molecule has 3 saturated heterocycles. The van der Waals surface area contributed by atoms with Crippen molar-refractivity contribution in [2.24, 2.45) is 12.8 Å². The quantitative estimate of drug-likeness (QED) is 0.477. The van der Waals surface area contributed by atoms with Crippen LogP contribution in [0.2, 0.25) is 0 Å². The smallest absolute Gasteiger partial charge is 0.328 e. The molecule has 1 unspecified atom stereocenters. The van der Waals surface area contributed by atoms with E-state index in [1.54, 1.807) is 4.90 Å². The van der Waals surface area contributed by atoms with Crippen molar-refractivity contribution < 1.29 is 13.8 Å². The first-order valence-corrected chi connectivity index (χ1v) is 15.3. The molecule has 3 aliphatic rings. The third-order valence-electron chi connectivity index (χ3n) is 8.46. The van der Waals surface area contributed by atoms with E-state index in [1.807, 2.05) is 28.2 Å². The lowest BCUT2D eigenvalue weighted by atomic mass is 9.89. The normalized spacial score (nSPS) is 21.2. The van der Waals surface area contributed by atoms with Crippen LogP contribution in [0.4, 0.5) is 10.6 Å². The Morgan fingerprint density at radius 3 is 2.52 bits per heavy atom. The van der Waals surface area contributed by atoms with E-state index in [0.717, 1.165) is 74.2 Å². The maximum atomic E-state index is 13.1. The molecule has 3 aliphatic heterocycles. The molecule has 3 aromatic rings. The van der Waals surface area contributed by atoms with Gasteiger partial charge in [-0.25, -0.2) is 13.3 Å². The highest BCUT2D eigenvalue weighted by Gasteiger charge is 2.29. The number of amides is 3. The maximum absolute atomic E-state index is 13.1. The first-order chi connectivity index (χ1) is 19.4. The molecule has 3 N–H and O–H groups in total. The van der Waals surface area contributed by atoms with Crippen molar-refractivity contribution in [3.8, 4) is 0 Å². The number of aryl methyl sites for hydroxylation is 1. The van der Waals surface area contributed by atoms with Crippen molar-refractivity contribution >= 4 is 39.6 Å². The van der Waals surface area contributed by atoms with Gasteiger partial charge in [-0.1, -0.05) is 18.2 Å². The highest BCUT2D eigenvalue weighted by Crippen LogP contribution is 2.34. The zero-order valence-electron chi connectivity index (χ0n) is 22.9. The molecule has 212 valence electrons. The summed E-state index contributed by atoms with van der Waals surface area (Å²) < 4.78 is 17.0. The Hall–Kier alpha value is -3.12. The van der Waals surface area contributed by atoms with Crippen LogP contribution in [-0.4, -0.2) is 73.9 Å². The predicted molar refractivity (Wildman–Crippen MR) is 155 cm³/mol. The number of benzene rings is 2. The van der Waals surface area contributed by atoms with Gasteiger partial charge in [-0.3, -0.25) is 24.6 Å². The Balaban J connectivity index is 1.09. The van der Waals surface area contributed by atoms with Crippen molar-refractivity contribution in [3.05, 3.63) is 53.6 Å². The summed E-state index contributed by atoms with van der Waals surface area (Å²) in [5.41, 5.74) is 9.50. The number of aromatic nitrogens is 2. The van der Waals surface area contributed by atoms with Gasteiger partial charge in [0.25, 0.3) is 0 Å². The maximum Gasteiger partial charge on any atom is 0.329 e. The first kappa shape index (κ1) is 27.1. The van der Waals surface area contributed by atoms with Gasteiger partial charge < -0.3 is 5.73 Å². The highest BCUT2D eigenvalue weighted by molar-refractivity contribution is 7.82. The fraction of sp³-hybridized carbons (Fsp3) is 0.483. The molecular weight excluding hydrogens is 526 g/mol. The van der Waals surface area contributed by atoms with Gasteiger partial charge in [0, 0.05) is 51.1 Å². The van der Waals surface area contributed by atoms with Crippen LogP contribution >= 0.6 is 0 Å². The van der Waals surface area contributed by atoms with Crippen LogP contribution in [0.5, 0.6) is 0 Å². The van der Waals surface area contributed by atoms with E-state index in [2.05, 4.69) is 45.6 Å². The number of carbonyl (C=O) groups is 2. The second-order valence-electron chi connectivity index (χ2n) is 11.2. The number of imide groups is 1. The molecule has 2 aromatic carbocycles. The van der Waals surface area contributed by atoms with Crippen molar-refractivity contribution in [3.63, 3.8) is 0 Å². The lowest BCUT2D eigenvalue weighted by Crippen LogP contribution is -2.49. The standard InChI is InChI=1S/C29H37N7O3S/c1-33-26-18-22(5-6-25(26)28(32-33)36-16-11-27(37)31-29(36)38)21-7-12-34(13-8-21)19-20-3-2-4-24(17-20)40(39)35-14-9-23(30)10-15-35/h2-6,17-18,21,23H,7-16,19,30H2,1H3,(H,31,37,38). The zero-order valence-corrected chi connectivity index (χ0v) is 23.7. The molecule has 3 amide bonds. The van der Waals surface area contributed by atoms with Gasteiger partial charge in [-0.05, 0) is 80.1 Å². The summed E-state index contributed by atoms with van der Waals surface area (Å²) >= 11 is 0. The van der Waals surface area contributed by atoms with Crippen molar-refractivity contribution in [1.82, 2.24) is 24.3 Å². The van der Waals surface area contributed by atoms with Crippen molar-refractivity contribution in [2.45, 2.75) is 55.5 Å². The summed E-state index contributed by atoms with van der Waals surface area (Å²) in [6, 6.07) is 14.4. The molecule has 0 saturated carbocycles. The molecular formula is C29H37N7O3S. The second kappa shape index (κ2) is 11.4. The van der Waals surface area contributed by atoms with E-state index in [0.29, 0.717) is 18.3 Å². The fourth-order valence-electron chi connectivity index (χ4n) is 6.10. The number of urea groups is 1. The van der Waals surface area contributed by atoms with Gasteiger partial charge in [-0.15, -0.1) is 0 Å². The van der Waals surface area contributed by atoms with Crippen LogP contribution in [0, 0.1) is 0 Å². The summed E-state index contributed by atoms with van der Waals surface area (Å²) in [6.07, 6.45) is 4.19. The van der Waals surface area contributed by atoms with Crippen LogP contribution in [0.1, 0.15) is 49.1 Å². The number of piperidine rings is 2. The van der Waals surface area contributed by atoms with Crippen LogP contribution in [-0.2, 0) is 29.4 Å². The minimum atomic E-state index is -1.14. The monoisotopic (exact) mass is 563 g/mol. The second-order valence-corrected chi connectivity index (χ2v) is 12.7. The van der Waals surface area contributed by atoms with Gasteiger partial charge in [0.1, 0.15) is 11.0 Å². The van der Waals surface area contributed by atoms with Crippen LogP contribution in [0.25, 0.3) is 10.9 Å². The molecule has 3 fully saturated rings. The number of likely N-dealkylation sites (tertiary alicyclic amines) is 1. The number of anilines is 1. The predicted octanol–water partition coefficient (Wildman–Crippen LogP) is 2.84. The Kier molecular flexibility index (Phi) is 7.71. The highest BCUT2D eigenvalue weighted by atomic mass is 32.2. The molecule has 0 spiro atoms. The van der Waals surface area contributed by atoms with Crippen LogP contribution in [0.15, 0.2) is 47.4 Å². The summed E-state index contributed by atoms with van der Waals surface area (Å²) in [5, 5.41) is 7.92. The first-order valence-electron chi connectivity index (χ1n) is 14.2. The largest absolute Gasteiger partial charge is 0.329 e. The van der Waals surface area contributed by atoms with E-state index >= 15 is 0 Å². The third kappa shape index (κ3) is 5.56. The molecule has 11 heteroatoms. The topological polar surface area (TPSA) is 117 Å². The van der Waals surface area contributed by atoms with E-state index in [4.69, 9.17) is 5.73 Å². The average molecular weight is 564 g/mol. The number of hydrogen-bond acceptors (Lipinski definition) is 6. The fourth-order valence-corrected chi connectivity index (χ4v) is 7.39. The minimum absolute atomic E-state index is 0.224. The number of nitrogens with two attached hydrogens (primary N) is 1. The molecule has 6 rings (SSSR count). The molecule has 0 radical (unpaired) electrons. The number of carbonyl (C=O) groups excluding carboxylic acids is 2.